The Labute approximate surface area is 165 Å². The molecule has 1 fully saturated rings. The van der Waals surface area contributed by atoms with Gasteiger partial charge in [0.05, 0.1) is 11.6 Å². The van der Waals surface area contributed by atoms with E-state index in [1.165, 1.54) is 0 Å². The molecule has 1 saturated heterocycles. The number of nitrogens with one attached hydrogen (secondary N) is 1. The summed E-state index contributed by atoms with van der Waals surface area (Å²) in [5.41, 5.74) is 2.15. The number of halogens is 1. The molecule has 1 aliphatic rings. The van der Waals surface area contributed by atoms with Crippen LogP contribution in [0.25, 0.3) is 6.08 Å². The van der Waals surface area contributed by atoms with Gasteiger partial charge >= 0.3 is 6.03 Å². The van der Waals surface area contributed by atoms with Crippen molar-refractivity contribution in [2.75, 3.05) is 6.54 Å². The zero-order chi connectivity index (χ0) is 19.4. The number of hydrogen-bond acceptors (Lipinski definition) is 4. The summed E-state index contributed by atoms with van der Waals surface area (Å²) in [7, 11) is 0. The Morgan fingerprint density at radius 2 is 2.04 bits per heavy atom. The molecule has 0 aliphatic carbocycles. The Bertz CT molecular complexity index is 979. The minimum absolute atomic E-state index is 0.197. The van der Waals surface area contributed by atoms with E-state index in [0.29, 0.717) is 23.4 Å². The fourth-order valence-corrected chi connectivity index (χ4v) is 3.07. The Balaban J connectivity index is 1.88. The first-order chi connectivity index (χ1) is 13.0. The van der Waals surface area contributed by atoms with Crippen LogP contribution < -0.4 is 10.1 Å². The third-order valence-electron chi connectivity index (χ3n) is 4.07. The summed E-state index contributed by atoms with van der Waals surface area (Å²) in [4.78, 5) is 25.3. The van der Waals surface area contributed by atoms with Crippen molar-refractivity contribution in [1.29, 1.82) is 5.26 Å². The zero-order valence-electron chi connectivity index (χ0n) is 14.5. The Morgan fingerprint density at radius 3 is 2.74 bits per heavy atom. The van der Waals surface area contributed by atoms with Crippen LogP contribution >= 0.6 is 15.9 Å². The van der Waals surface area contributed by atoms with Crippen LogP contribution in [0.3, 0.4) is 0 Å². The standard InChI is InChI=1S/C20H16BrN3O3/c1-2-24-19(25)17(23-20(24)26)10-15-9-16(21)7-8-18(15)27-12-14-6-4-3-5-13(14)11-22/h3-10H,2,12H2,1H3,(H,23,26)/b17-10+. The molecule has 1 N–H and O–H groups in total. The van der Waals surface area contributed by atoms with Gasteiger partial charge < -0.3 is 10.1 Å². The van der Waals surface area contributed by atoms with Gasteiger partial charge in [-0.3, -0.25) is 9.69 Å². The van der Waals surface area contributed by atoms with E-state index < -0.39 is 6.03 Å². The molecule has 0 unspecified atom stereocenters. The number of likely N-dealkylation sites (N-methyl/N-ethyl adjacent to an activating group) is 1. The highest BCUT2D eigenvalue weighted by Gasteiger charge is 2.32. The van der Waals surface area contributed by atoms with Crippen molar-refractivity contribution in [1.82, 2.24) is 10.2 Å². The second-order valence-corrected chi connectivity index (χ2v) is 6.69. The highest BCUT2D eigenvalue weighted by atomic mass is 79.9. The Kier molecular flexibility index (Phi) is 5.57. The van der Waals surface area contributed by atoms with E-state index in [9.17, 15) is 14.9 Å². The fourth-order valence-electron chi connectivity index (χ4n) is 2.69. The second-order valence-electron chi connectivity index (χ2n) is 5.78. The second kappa shape index (κ2) is 8.06. The van der Waals surface area contributed by atoms with Gasteiger partial charge in [0.15, 0.2) is 0 Å². The SMILES string of the molecule is CCN1C(=O)N/C(=C/c2cc(Br)ccc2OCc2ccccc2C#N)C1=O. The number of nitrogens with zero attached hydrogens (tertiary/aromatic N) is 2. The van der Waals surface area contributed by atoms with E-state index in [4.69, 9.17) is 4.74 Å². The summed E-state index contributed by atoms with van der Waals surface area (Å²) in [5, 5.41) is 11.8. The number of ether oxygens (including phenoxy) is 1. The molecule has 136 valence electrons. The maximum absolute atomic E-state index is 12.3. The number of urea groups is 1. The molecule has 27 heavy (non-hydrogen) atoms. The van der Waals surface area contributed by atoms with Crippen molar-refractivity contribution in [3.05, 3.63) is 69.3 Å². The first-order valence-electron chi connectivity index (χ1n) is 8.28. The molecule has 2 aromatic carbocycles. The minimum atomic E-state index is -0.436. The maximum Gasteiger partial charge on any atom is 0.328 e. The molecule has 0 aromatic heterocycles. The molecular formula is C20H16BrN3O3. The quantitative estimate of drug-likeness (QED) is 0.582. The van der Waals surface area contributed by atoms with Crippen molar-refractivity contribution in [3.8, 4) is 11.8 Å². The molecule has 2 aromatic rings. The van der Waals surface area contributed by atoms with Crippen LogP contribution in [0.5, 0.6) is 5.75 Å². The van der Waals surface area contributed by atoms with Crippen molar-refractivity contribution >= 4 is 33.9 Å². The van der Waals surface area contributed by atoms with E-state index >= 15 is 0 Å². The highest BCUT2D eigenvalue weighted by Crippen LogP contribution is 2.27. The van der Waals surface area contributed by atoms with Crippen LogP contribution in [0.15, 0.2) is 52.6 Å². The molecule has 0 spiro atoms. The lowest BCUT2D eigenvalue weighted by atomic mass is 10.1. The molecule has 6 nitrogen and oxygen atoms in total. The molecule has 1 aliphatic heterocycles. The number of nitriles is 1. The van der Waals surface area contributed by atoms with E-state index in [1.54, 1.807) is 37.3 Å². The van der Waals surface area contributed by atoms with Gasteiger partial charge in [-0.05, 0) is 37.3 Å². The molecule has 0 atom stereocenters. The Hall–Kier alpha value is -3.11. The van der Waals surface area contributed by atoms with Crippen molar-refractivity contribution in [3.63, 3.8) is 0 Å². The van der Waals surface area contributed by atoms with E-state index in [2.05, 4.69) is 27.3 Å². The van der Waals surface area contributed by atoms with E-state index in [1.807, 2.05) is 18.2 Å². The normalized spacial score (nSPS) is 15.0. The average molecular weight is 426 g/mol. The third kappa shape index (κ3) is 4.01. The first-order valence-corrected chi connectivity index (χ1v) is 9.07. The molecule has 0 bridgehead atoms. The van der Waals surface area contributed by atoms with Crippen LogP contribution in [-0.2, 0) is 11.4 Å². The molecule has 7 heteroatoms. The predicted octanol–water partition coefficient (Wildman–Crippen LogP) is 3.81. The van der Waals surface area contributed by atoms with Crippen LogP contribution in [-0.4, -0.2) is 23.4 Å². The number of benzene rings is 2. The average Bonchev–Trinajstić information content (AvgIpc) is 2.94. The molecule has 3 rings (SSSR count). The van der Waals surface area contributed by atoms with E-state index in [0.717, 1.165) is 14.9 Å². The number of carbonyl (C=O) groups excluding carboxylic acids is 2. The van der Waals surface area contributed by atoms with Crippen molar-refractivity contribution in [2.45, 2.75) is 13.5 Å². The molecule has 1 heterocycles. The number of carbonyl (C=O) groups is 2. The van der Waals surface area contributed by atoms with Crippen LogP contribution in [0.4, 0.5) is 4.79 Å². The van der Waals surface area contributed by atoms with Gasteiger partial charge in [-0.15, -0.1) is 0 Å². The fraction of sp³-hybridized carbons (Fsp3) is 0.150. The summed E-state index contributed by atoms with van der Waals surface area (Å²) in [6, 6.07) is 14.3. The Morgan fingerprint density at radius 1 is 1.26 bits per heavy atom. The van der Waals surface area contributed by atoms with Crippen LogP contribution in [0, 0.1) is 11.3 Å². The smallest absolute Gasteiger partial charge is 0.328 e. The van der Waals surface area contributed by atoms with Gasteiger partial charge in [-0.25, -0.2) is 4.79 Å². The maximum atomic E-state index is 12.3. The number of hydrogen-bond donors (Lipinski definition) is 1. The van der Waals surface area contributed by atoms with Gasteiger partial charge in [0.1, 0.15) is 18.1 Å². The summed E-state index contributed by atoms with van der Waals surface area (Å²) in [6.07, 6.45) is 1.59. The minimum Gasteiger partial charge on any atom is -0.488 e. The zero-order valence-corrected chi connectivity index (χ0v) is 16.1. The predicted molar refractivity (Wildman–Crippen MR) is 104 cm³/mol. The third-order valence-corrected chi connectivity index (χ3v) is 4.56. The number of amides is 3. The van der Waals surface area contributed by atoms with Gasteiger partial charge in [0.2, 0.25) is 0 Å². The first kappa shape index (κ1) is 18.7. The van der Waals surface area contributed by atoms with Gasteiger partial charge in [-0.2, -0.15) is 5.26 Å². The van der Waals surface area contributed by atoms with Crippen molar-refractivity contribution < 1.29 is 14.3 Å². The molecular weight excluding hydrogens is 410 g/mol. The van der Waals surface area contributed by atoms with Gasteiger partial charge in [-0.1, -0.05) is 34.1 Å². The summed E-state index contributed by atoms with van der Waals surface area (Å²) >= 11 is 3.41. The topological polar surface area (TPSA) is 82.4 Å². The summed E-state index contributed by atoms with van der Waals surface area (Å²) < 4.78 is 6.70. The monoisotopic (exact) mass is 425 g/mol. The summed E-state index contributed by atoms with van der Waals surface area (Å²) in [6.45, 7) is 2.25. The molecule has 0 saturated carbocycles. The lowest BCUT2D eigenvalue weighted by Gasteiger charge is -2.11. The summed E-state index contributed by atoms with van der Waals surface area (Å²) in [5.74, 6) is 0.165. The molecule has 3 amide bonds. The number of imide groups is 1. The van der Waals surface area contributed by atoms with Gasteiger partial charge in [0, 0.05) is 22.1 Å². The highest BCUT2D eigenvalue weighted by molar-refractivity contribution is 9.10. The lowest BCUT2D eigenvalue weighted by Crippen LogP contribution is -2.30. The van der Waals surface area contributed by atoms with E-state index in [-0.39, 0.29) is 18.2 Å². The van der Waals surface area contributed by atoms with Crippen LogP contribution in [0.2, 0.25) is 0 Å². The lowest BCUT2D eigenvalue weighted by molar-refractivity contribution is -0.122. The van der Waals surface area contributed by atoms with Crippen molar-refractivity contribution in [2.24, 2.45) is 0 Å². The largest absolute Gasteiger partial charge is 0.488 e. The van der Waals surface area contributed by atoms with Gasteiger partial charge in [0.25, 0.3) is 5.91 Å². The van der Waals surface area contributed by atoms with Crippen LogP contribution in [0.1, 0.15) is 23.6 Å². The number of rotatable bonds is 5. The molecule has 0 radical (unpaired) electrons.